The molecular formula is C17H25NO2. The summed E-state index contributed by atoms with van der Waals surface area (Å²) in [6.45, 7) is 6.51. The maximum absolute atomic E-state index is 11.7. The van der Waals surface area contributed by atoms with Gasteiger partial charge in [-0.1, -0.05) is 38.1 Å². The molecule has 1 aliphatic heterocycles. The van der Waals surface area contributed by atoms with E-state index in [1.54, 1.807) is 0 Å². The smallest absolute Gasteiger partial charge is 0.310 e. The molecule has 0 unspecified atom stereocenters. The molecule has 0 aromatic heterocycles. The summed E-state index contributed by atoms with van der Waals surface area (Å²) in [7, 11) is 0. The first-order valence-electron chi connectivity index (χ1n) is 7.64. The van der Waals surface area contributed by atoms with Gasteiger partial charge in [0.1, 0.15) is 0 Å². The molecule has 1 aliphatic rings. The maximum atomic E-state index is 11.7. The van der Waals surface area contributed by atoms with Crippen molar-refractivity contribution in [1.82, 2.24) is 4.90 Å². The van der Waals surface area contributed by atoms with Crippen LogP contribution in [-0.2, 0) is 17.8 Å². The van der Waals surface area contributed by atoms with Crippen molar-refractivity contribution in [1.29, 1.82) is 0 Å². The summed E-state index contributed by atoms with van der Waals surface area (Å²) in [6, 6.07) is 8.54. The van der Waals surface area contributed by atoms with E-state index in [-0.39, 0.29) is 0 Å². The third kappa shape index (κ3) is 3.04. The molecule has 3 nitrogen and oxygen atoms in total. The number of fused-ring (bicyclic) bond motifs is 1. The number of hydrogen-bond donors (Lipinski definition) is 1. The molecular weight excluding hydrogens is 250 g/mol. The number of benzene rings is 1. The molecule has 0 saturated carbocycles. The van der Waals surface area contributed by atoms with E-state index in [1.165, 1.54) is 11.1 Å². The molecule has 20 heavy (non-hydrogen) atoms. The van der Waals surface area contributed by atoms with Gasteiger partial charge in [0.05, 0.1) is 5.41 Å². The van der Waals surface area contributed by atoms with Crippen LogP contribution >= 0.6 is 0 Å². The average Bonchev–Trinajstić information content (AvgIpc) is 2.66. The lowest BCUT2D eigenvalue weighted by Crippen LogP contribution is -2.42. The van der Waals surface area contributed by atoms with Crippen LogP contribution in [0.4, 0.5) is 0 Å². The van der Waals surface area contributed by atoms with Gasteiger partial charge in [0.25, 0.3) is 0 Å². The van der Waals surface area contributed by atoms with Crippen LogP contribution in [0.2, 0.25) is 0 Å². The fourth-order valence-electron chi connectivity index (χ4n) is 3.18. The Morgan fingerprint density at radius 2 is 1.90 bits per heavy atom. The second-order valence-electron chi connectivity index (χ2n) is 5.88. The molecule has 0 saturated heterocycles. The SMILES string of the molecule is CCC(CC)(CN1CCCc2ccccc2C1)C(=O)O. The fraction of sp³-hybridized carbons (Fsp3) is 0.588. The van der Waals surface area contributed by atoms with Crippen LogP contribution < -0.4 is 0 Å². The Balaban J connectivity index is 2.16. The Morgan fingerprint density at radius 3 is 2.50 bits per heavy atom. The molecule has 1 aromatic carbocycles. The first-order valence-corrected chi connectivity index (χ1v) is 7.64. The Kier molecular flexibility index (Phi) is 4.81. The predicted molar refractivity (Wildman–Crippen MR) is 80.7 cm³/mol. The first-order chi connectivity index (χ1) is 9.61. The highest BCUT2D eigenvalue weighted by atomic mass is 16.4. The van der Waals surface area contributed by atoms with Crippen LogP contribution in [0, 0.1) is 5.41 Å². The van der Waals surface area contributed by atoms with Gasteiger partial charge >= 0.3 is 5.97 Å². The number of nitrogens with zero attached hydrogens (tertiary/aromatic N) is 1. The van der Waals surface area contributed by atoms with Gasteiger partial charge in [0.15, 0.2) is 0 Å². The zero-order valence-electron chi connectivity index (χ0n) is 12.6. The lowest BCUT2D eigenvalue weighted by atomic mass is 9.81. The molecule has 1 heterocycles. The minimum Gasteiger partial charge on any atom is -0.481 e. The molecule has 0 fully saturated rings. The van der Waals surface area contributed by atoms with E-state index in [0.717, 1.165) is 25.9 Å². The standard InChI is InChI=1S/C17H25NO2/c1-3-17(4-2,16(19)20)13-18-11-7-10-14-8-5-6-9-15(14)12-18/h5-6,8-9H,3-4,7,10-13H2,1-2H3,(H,19,20). The van der Waals surface area contributed by atoms with Gasteiger partial charge in [-0.25, -0.2) is 0 Å². The van der Waals surface area contributed by atoms with Crippen molar-refractivity contribution < 1.29 is 9.90 Å². The van der Waals surface area contributed by atoms with Crippen LogP contribution in [0.5, 0.6) is 0 Å². The van der Waals surface area contributed by atoms with E-state index >= 15 is 0 Å². The summed E-state index contributed by atoms with van der Waals surface area (Å²) in [4.78, 5) is 14.0. The summed E-state index contributed by atoms with van der Waals surface area (Å²) in [5, 5.41) is 9.59. The van der Waals surface area contributed by atoms with Crippen LogP contribution in [0.25, 0.3) is 0 Å². The topological polar surface area (TPSA) is 40.5 Å². The average molecular weight is 275 g/mol. The van der Waals surface area contributed by atoms with E-state index < -0.39 is 11.4 Å². The zero-order chi connectivity index (χ0) is 14.6. The second-order valence-corrected chi connectivity index (χ2v) is 5.88. The van der Waals surface area contributed by atoms with Crippen molar-refractivity contribution in [2.45, 2.75) is 46.1 Å². The maximum Gasteiger partial charge on any atom is 0.310 e. The van der Waals surface area contributed by atoms with Gasteiger partial charge in [-0.05, 0) is 43.4 Å². The van der Waals surface area contributed by atoms with Crippen molar-refractivity contribution in [2.24, 2.45) is 5.41 Å². The van der Waals surface area contributed by atoms with Gasteiger partial charge in [-0.3, -0.25) is 9.69 Å². The lowest BCUT2D eigenvalue weighted by molar-refractivity contribution is -0.151. The highest BCUT2D eigenvalue weighted by molar-refractivity contribution is 5.74. The molecule has 0 radical (unpaired) electrons. The van der Waals surface area contributed by atoms with E-state index in [2.05, 4.69) is 29.2 Å². The number of carbonyl (C=O) groups is 1. The summed E-state index contributed by atoms with van der Waals surface area (Å²) >= 11 is 0. The number of rotatable bonds is 5. The molecule has 0 amide bonds. The summed E-state index contributed by atoms with van der Waals surface area (Å²) in [6.07, 6.45) is 3.60. The van der Waals surface area contributed by atoms with Crippen LogP contribution in [0.3, 0.4) is 0 Å². The number of carboxylic acids is 1. The molecule has 0 atom stereocenters. The van der Waals surface area contributed by atoms with Crippen LogP contribution in [0.15, 0.2) is 24.3 Å². The van der Waals surface area contributed by atoms with E-state index in [9.17, 15) is 9.90 Å². The minimum atomic E-state index is -0.653. The molecule has 3 heteroatoms. The Morgan fingerprint density at radius 1 is 1.25 bits per heavy atom. The highest BCUT2D eigenvalue weighted by Crippen LogP contribution is 2.30. The van der Waals surface area contributed by atoms with Crippen molar-refractivity contribution in [3.8, 4) is 0 Å². The van der Waals surface area contributed by atoms with Crippen molar-refractivity contribution in [3.05, 3.63) is 35.4 Å². The number of hydrogen-bond acceptors (Lipinski definition) is 2. The van der Waals surface area contributed by atoms with Crippen molar-refractivity contribution in [2.75, 3.05) is 13.1 Å². The van der Waals surface area contributed by atoms with Gasteiger partial charge in [0.2, 0.25) is 0 Å². The number of aliphatic carboxylic acids is 1. The van der Waals surface area contributed by atoms with Crippen LogP contribution in [0.1, 0.15) is 44.2 Å². The normalized spacial score (nSPS) is 16.5. The Hall–Kier alpha value is -1.35. The highest BCUT2D eigenvalue weighted by Gasteiger charge is 2.36. The molecule has 1 N–H and O–H groups in total. The molecule has 110 valence electrons. The third-order valence-electron chi connectivity index (χ3n) is 4.77. The van der Waals surface area contributed by atoms with E-state index in [0.29, 0.717) is 19.4 Å². The van der Waals surface area contributed by atoms with E-state index in [1.807, 2.05) is 13.8 Å². The molecule has 0 aliphatic carbocycles. The quantitative estimate of drug-likeness (QED) is 0.896. The Labute approximate surface area is 121 Å². The molecule has 2 rings (SSSR count). The molecule has 1 aromatic rings. The third-order valence-corrected chi connectivity index (χ3v) is 4.77. The monoisotopic (exact) mass is 275 g/mol. The number of carboxylic acid groups (broad SMARTS) is 1. The van der Waals surface area contributed by atoms with Crippen molar-refractivity contribution in [3.63, 3.8) is 0 Å². The summed E-state index contributed by atoms with van der Waals surface area (Å²) in [5.41, 5.74) is 2.18. The summed E-state index contributed by atoms with van der Waals surface area (Å²) in [5.74, 6) is -0.653. The summed E-state index contributed by atoms with van der Waals surface area (Å²) < 4.78 is 0. The van der Waals surface area contributed by atoms with Crippen LogP contribution in [-0.4, -0.2) is 29.1 Å². The van der Waals surface area contributed by atoms with Gasteiger partial charge in [-0.15, -0.1) is 0 Å². The molecule has 0 bridgehead atoms. The second kappa shape index (κ2) is 6.40. The predicted octanol–water partition coefficient (Wildman–Crippen LogP) is 3.33. The molecule has 0 spiro atoms. The van der Waals surface area contributed by atoms with Crippen molar-refractivity contribution >= 4 is 5.97 Å². The first kappa shape index (κ1) is 15.0. The largest absolute Gasteiger partial charge is 0.481 e. The number of aryl methyl sites for hydroxylation is 1. The van der Waals surface area contributed by atoms with Gasteiger partial charge in [-0.2, -0.15) is 0 Å². The zero-order valence-corrected chi connectivity index (χ0v) is 12.6. The Bertz CT molecular complexity index is 466. The lowest BCUT2D eigenvalue weighted by Gasteiger charge is -2.33. The van der Waals surface area contributed by atoms with E-state index in [4.69, 9.17) is 0 Å². The fourth-order valence-corrected chi connectivity index (χ4v) is 3.18. The minimum absolute atomic E-state index is 0.598. The van der Waals surface area contributed by atoms with Gasteiger partial charge in [0, 0.05) is 13.1 Å². The van der Waals surface area contributed by atoms with Gasteiger partial charge < -0.3 is 5.11 Å².